The van der Waals surface area contributed by atoms with Crippen molar-refractivity contribution in [3.63, 3.8) is 0 Å². The van der Waals surface area contributed by atoms with E-state index in [0.717, 1.165) is 25.1 Å². The summed E-state index contributed by atoms with van der Waals surface area (Å²) in [5.41, 5.74) is -0.835. The maximum atomic E-state index is 14.9. The topological polar surface area (TPSA) is 0 Å². The van der Waals surface area contributed by atoms with E-state index in [1.807, 2.05) is 0 Å². The molecule has 0 heterocycles. The first-order valence-electron chi connectivity index (χ1n) is 10.1. The Labute approximate surface area is 194 Å². The van der Waals surface area contributed by atoms with E-state index < -0.39 is 57.7 Å². The second-order valence-electron chi connectivity index (χ2n) is 7.69. The molecule has 4 aromatic carbocycles. The molecular formula is C27H14F8. The van der Waals surface area contributed by atoms with Gasteiger partial charge in [-0.05, 0) is 59.5 Å². The molecule has 0 amide bonds. The second kappa shape index (κ2) is 9.37. The molecule has 0 N–H and O–H groups in total. The van der Waals surface area contributed by atoms with Crippen LogP contribution in [-0.2, 0) is 0 Å². The van der Waals surface area contributed by atoms with E-state index >= 15 is 0 Å². The van der Waals surface area contributed by atoms with Crippen LogP contribution in [0.2, 0.25) is 0 Å². The molecule has 0 aliphatic rings. The van der Waals surface area contributed by atoms with Crippen molar-refractivity contribution in [1.82, 2.24) is 0 Å². The van der Waals surface area contributed by atoms with E-state index in [1.54, 1.807) is 0 Å². The SMILES string of the molecule is C/C(F)=C(\F)c1ccc(-c2ccc(-c3cc(F)c(-c4cc(F)c(F)c(F)c4)c(F)c3)c(F)c2)cc1. The molecule has 0 bridgehead atoms. The highest BCUT2D eigenvalue weighted by Gasteiger charge is 2.20. The number of hydrogen-bond donors (Lipinski definition) is 0. The standard InChI is InChI=1S/C27H14F8/c1-13(28)26(34)15-4-2-14(3-5-15)16-6-7-19(20(29)8-16)17-9-21(30)25(22(31)10-17)18-11-23(32)27(35)24(33)12-18/h2-12H,1H3/b26-13+. The highest BCUT2D eigenvalue weighted by atomic mass is 19.2. The maximum absolute atomic E-state index is 14.9. The zero-order valence-electron chi connectivity index (χ0n) is 17.9. The van der Waals surface area contributed by atoms with Crippen LogP contribution in [0.15, 0.2) is 72.6 Å². The van der Waals surface area contributed by atoms with Crippen LogP contribution in [0.1, 0.15) is 12.5 Å². The van der Waals surface area contributed by atoms with Gasteiger partial charge in [0.15, 0.2) is 23.3 Å². The Kier molecular flexibility index (Phi) is 6.47. The van der Waals surface area contributed by atoms with Gasteiger partial charge in [0.1, 0.15) is 23.3 Å². The average Bonchev–Trinajstić information content (AvgIpc) is 2.81. The first kappa shape index (κ1) is 24.2. The molecule has 0 unspecified atom stereocenters. The summed E-state index contributed by atoms with van der Waals surface area (Å²) >= 11 is 0. The Hall–Kier alpha value is -3.94. The minimum absolute atomic E-state index is 0.0119. The van der Waals surface area contributed by atoms with Gasteiger partial charge in [-0.2, -0.15) is 0 Å². The molecule has 4 rings (SSSR count). The third-order valence-corrected chi connectivity index (χ3v) is 5.37. The van der Waals surface area contributed by atoms with Crippen molar-refractivity contribution in [3.05, 3.63) is 113 Å². The lowest BCUT2D eigenvalue weighted by Crippen LogP contribution is -1.97. The molecule has 178 valence electrons. The summed E-state index contributed by atoms with van der Waals surface area (Å²) in [5.74, 6) is -10.3. The number of benzene rings is 4. The predicted octanol–water partition coefficient (Wildman–Crippen LogP) is 9.15. The fraction of sp³-hybridized carbons (Fsp3) is 0.0370. The summed E-state index contributed by atoms with van der Waals surface area (Å²) in [6.45, 7) is 0.978. The molecule has 0 nitrogen and oxygen atoms in total. The quantitative estimate of drug-likeness (QED) is 0.198. The highest BCUT2D eigenvalue weighted by Crippen LogP contribution is 2.35. The summed E-state index contributed by atoms with van der Waals surface area (Å²) in [4.78, 5) is 0. The number of allylic oxidation sites excluding steroid dienone is 1. The van der Waals surface area contributed by atoms with Crippen molar-refractivity contribution in [2.75, 3.05) is 0 Å². The summed E-state index contributed by atoms with van der Waals surface area (Å²) in [5, 5.41) is 0. The summed E-state index contributed by atoms with van der Waals surface area (Å²) in [7, 11) is 0. The Morgan fingerprint density at radius 3 is 1.51 bits per heavy atom. The van der Waals surface area contributed by atoms with Crippen LogP contribution in [-0.4, -0.2) is 0 Å². The van der Waals surface area contributed by atoms with Gasteiger partial charge >= 0.3 is 0 Å². The van der Waals surface area contributed by atoms with Gasteiger partial charge in [0, 0.05) is 11.1 Å². The average molecular weight is 490 g/mol. The molecule has 0 aromatic heterocycles. The van der Waals surface area contributed by atoms with Gasteiger partial charge in [-0.15, -0.1) is 0 Å². The number of halogens is 8. The summed E-state index contributed by atoms with van der Waals surface area (Å²) in [6, 6.07) is 11.9. The Morgan fingerprint density at radius 1 is 0.514 bits per heavy atom. The van der Waals surface area contributed by atoms with E-state index in [2.05, 4.69) is 0 Å². The molecule has 35 heavy (non-hydrogen) atoms. The molecule has 0 saturated carbocycles. The fourth-order valence-corrected chi connectivity index (χ4v) is 3.64. The van der Waals surface area contributed by atoms with Gasteiger partial charge in [0.25, 0.3) is 0 Å². The highest BCUT2D eigenvalue weighted by molar-refractivity contribution is 5.75. The Bertz CT molecular complexity index is 1420. The minimum Gasteiger partial charge on any atom is -0.209 e. The lowest BCUT2D eigenvalue weighted by atomic mass is 9.96. The number of rotatable bonds is 4. The zero-order valence-corrected chi connectivity index (χ0v) is 17.9. The lowest BCUT2D eigenvalue weighted by Gasteiger charge is -2.11. The van der Waals surface area contributed by atoms with Crippen LogP contribution in [0.4, 0.5) is 35.1 Å². The van der Waals surface area contributed by atoms with E-state index in [4.69, 9.17) is 0 Å². The van der Waals surface area contributed by atoms with Crippen molar-refractivity contribution in [3.8, 4) is 33.4 Å². The molecule has 8 heteroatoms. The van der Waals surface area contributed by atoms with Crippen LogP contribution < -0.4 is 0 Å². The van der Waals surface area contributed by atoms with Crippen molar-refractivity contribution >= 4 is 5.83 Å². The van der Waals surface area contributed by atoms with Gasteiger partial charge in [-0.3, -0.25) is 0 Å². The minimum atomic E-state index is -1.78. The van der Waals surface area contributed by atoms with Gasteiger partial charge in [-0.25, -0.2) is 35.1 Å². The van der Waals surface area contributed by atoms with Crippen LogP contribution in [0.5, 0.6) is 0 Å². The number of hydrogen-bond acceptors (Lipinski definition) is 0. The molecule has 4 aromatic rings. The van der Waals surface area contributed by atoms with E-state index in [0.29, 0.717) is 23.3 Å². The second-order valence-corrected chi connectivity index (χ2v) is 7.69. The molecule has 0 saturated heterocycles. The van der Waals surface area contributed by atoms with Crippen molar-refractivity contribution < 1.29 is 35.1 Å². The first-order chi connectivity index (χ1) is 16.6. The van der Waals surface area contributed by atoms with Crippen LogP contribution in [0.3, 0.4) is 0 Å². The molecule has 0 aliphatic carbocycles. The molecular weight excluding hydrogens is 476 g/mol. The van der Waals surface area contributed by atoms with Gasteiger partial charge < -0.3 is 0 Å². The Morgan fingerprint density at radius 2 is 1.00 bits per heavy atom. The first-order valence-corrected chi connectivity index (χ1v) is 10.1. The van der Waals surface area contributed by atoms with Crippen LogP contribution in [0, 0.1) is 34.9 Å². The van der Waals surface area contributed by atoms with Gasteiger partial charge in [0.2, 0.25) is 0 Å². The maximum Gasteiger partial charge on any atom is 0.194 e. The third-order valence-electron chi connectivity index (χ3n) is 5.37. The molecule has 0 fully saturated rings. The van der Waals surface area contributed by atoms with E-state index in [1.165, 1.54) is 36.4 Å². The lowest BCUT2D eigenvalue weighted by molar-refractivity contribution is 0.447. The monoisotopic (exact) mass is 490 g/mol. The summed E-state index contributed by atoms with van der Waals surface area (Å²) in [6.07, 6.45) is 0. The van der Waals surface area contributed by atoms with Crippen LogP contribution in [0.25, 0.3) is 39.2 Å². The predicted molar refractivity (Wildman–Crippen MR) is 117 cm³/mol. The summed E-state index contributed by atoms with van der Waals surface area (Å²) < 4.78 is 111. The van der Waals surface area contributed by atoms with Crippen molar-refractivity contribution in [2.24, 2.45) is 0 Å². The molecule has 0 atom stereocenters. The van der Waals surface area contributed by atoms with E-state index in [-0.39, 0.29) is 16.7 Å². The largest absolute Gasteiger partial charge is 0.209 e. The molecule has 0 radical (unpaired) electrons. The molecule has 0 spiro atoms. The van der Waals surface area contributed by atoms with Gasteiger partial charge in [0.05, 0.1) is 5.56 Å². The normalized spacial score (nSPS) is 12.0. The smallest absolute Gasteiger partial charge is 0.194 e. The third kappa shape index (κ3) is 4.69. The molecule has 0 aliphatic heterocycles. The fourth-order valence-electron chi connectivity index (χ4n) is 3.64. The Balaban J connectivity index is 1.69. The van der Waals surface area contributed by atoms with E-state index in [9.17, 15) is 35.1 Å². The van der Waals surface area contributed by atoms with Crippen LogP contribution >= 0.6 is 0 Å². The van der Waals surface area contributed by atoms with Crippen molar-refractivity contribution in [1.29, 1.82) is 0 Å². The van der Waals surface area contributed by atoms with Crippen molar-refractivity contribution in [2.45, 2.75) is 6.92 Å². The van der Waals surface area contributed by atoms with Gasteiger partial charge in [-0.1, -0.05) is 36.4 Å². The zero-order chi connectivity index (χ0) is 25.4.